The fourth-order valence-corrected chi connectivity index (χ4v) is 13.0. The first-order chi connectivity index (χ1) is 44.0. The smallest absolute Gasteiger partial charge is 0.305 e. The zero-order chi connectivity index (χ0) is 64.2. The van der Waals surface area contributed by atoms with E-state index in [0.29, 0.717) is 19.4 Å². The number of allylic oxidation sites excluding steroid dienone is 5. The van der Waals surface area contributed by atoms with E-state index in [1.807, 2.05) is 6.08 Å². The van der Waals surface area contributed by atoms with Crippen molar-refractivity contribution in [2.24, 2.45) is 0 Å². The first-order valence-electron chi connectivity index (χ1n) is 40.8. The summed E-state index contributed by atoms with van der Waals surface area (Å²) in [6.45, 7) is 4.96. The second-order valence-electron chi connectivity index (χ2n) is 28.1. The van der Waals surface area contributed by atoms with Gasteiger partial charge in [-0.3, -0.25) is 9.59 Å². The van der Waals surface area contributed by atoms with Crippen molar-refractivity contribution < 1.29 is 24.5 Å². The third-order valence-electron chi connectivity index (χ3n) is 19.2. The van der Waals surface area contributed by atoms with Crippen LogP contribution in [0.1, 0.15) is 457 Å². The van der Waals surface area contributed by atoms with Crippen LogP contribution in [0.3, 0.4) is 0 Å². The Labute approximate surface area is 557 Å². The summed E-state index contributed by atoms with van der Waals surface area (Å²) in [4.78, 5) is 24.6. The number of amides is 1. The predicted molar refractivity (Wildman–Crippen MR) is 393 cm³/mol. The molecule has 2 atom stereocenters. The van der Waals surface area contributed by atoms with Gasteiger partial charge in [0.2, 0.25) is 5.91 Å². The highest BCUT2D eigenvalue weighted by Crippen LogP contribution is 2.20. The van der Waals surface area contributed by atoms with Crippen LogP contribution in [0.5, 0.6) is 0 Å². The van der Waals surface area contributed by atoms with E-state index in [-0.39, 0.29) is 18.5 Å². The molecule has 0 radical (unpaired) electrons. The number of hydrogen-bond acceptors (Lipinski definition) is 5. The molecule has 2 unspecified atom stereocenters. The predicted octanol–water partition coefficient (Wildman–Crippen LogP) is 27.0. The number of ether oxygens (including phenoxy) is 1. The molecule has 0 aromatic heterocycles. The van der Waals surface area contributed by atoms with Crippen LogP contribution in [0.4, 0.5) is 0 Å². The molecule has 0 aliphatic carbocycles. The average molecular weight is 1250 g/mol. The van der Waals surface area contributed by atoms with Gasteiger partial charge < -0.3 is 20.3 Å². The summed E-state index contributed by atoms with van der Waals surface area (Å²) < 4.78 is 5.50. The monoisotopic (exact) mass is 1250 g/mol. The van der Waals surface area contributed by atoms with Crippen molar-refractivity contribution in [1.82, 2.24) is 5.32 Å². The molecule has 0 rings (SSSR count). The zero-order valence-corrected chi connectivity index (χ0v) is 60.4. The Hall–Kier alpha value is -1.92. The van der Waals surface area contributed by atoms with Gasteiger partial charge in [-0.1, -0.05) is 416 Å². The maximum atomic E-state index is 12.5. The molecule has 0 aliphatic rings. The standard InChI is InChI=1S/C83H159NO5/c1-3-5-7-9-11-13-15-17-19-20-21-22-38-41-44-48-51-55-59-63-67-71-75-81(86)80(79-85)84-82(87)76-72-68-64-60-56-52-49-45-42-39-36-34-32-30-28-26-24-23-25-27-29-31-33-35-37-40-43-46-50-54-58-62-66-70-74-78-89-83(88)77-73-69-65-61-57-53-47-18-16-14-12-10-8-6-4-2/h25,27,31,33,71,75,80-81,85-86H,3-24,26,28-30,32,34-70,72-74,76-79H2,1-2H3,(H,84,87)/b27-25-,33-31-,75-71+. The molecule has 3 N–H and O–H groups in total. The molecule has 526 valence electrons. The van der Waals surface area contributed by atoms with Gasteiger partial charge in [-0.05, 0) is 64.2 Å². The van der Waals surface area contributed by atoms with E-state index in [4.69, 9.17) is 4.74 Å². The minimum Gasteiger partial charge on any atom is -0.466 e. The van der Waals surface area contributed by atoms with Crippen molar-refractivity contribution in [3.8, 4) is 0 Å². The van der Waals surface area contributed by atoms with E-state index in [2.05, 4.69) is 43.5 Å². The van der Waals surface area contributed by atoms with Gasteiger partial charge in [-0.25, -0.2) is 0 Å². The van der Waals surface area contributed by atoms with E-state index < -0.39 is 12.1 Å². The SMILES string of the molecule is CCCCCCCCCCCCCCCCCCCCCC/C=C/C(O)C(CO)NC(=O)CCCCCCCCCCCCCCCCCCC/C=C\C/C=C\CCCCCCCCCCCCCOC(=O)CCCCCCCCCCCCCCCCC. The van der Waals surface area contributed by atoms with E-state index in [0.717, 1.165) is 44.9 Å². The lowest BCUT2D eigenvalue weighted by atomic mass is 10.0. The van der Waals surface area contributed by atoms with Crippen molar-refractivity contribution >= 4 is 11.9 Å². The molecular weight excluding hydrogens is 1090 g/mol. The molecular formula is C83H159NO5. The summed E-state index contributed by atoms with van der Waals surface area (Å²) >= 11 is 0. The first kappa shape index (κ1) is 87.1. The van der Waals surface area contributed by atoms with Gasteiger partial charge in [0, 0.05) is 12.8 Å². The summed E-state index contributed by atoms with van der Waals surface area (Å²) in [5, 5.41) is 23.3. The third-order valence-corrected chi connectivity index (χ3v) is 19.2. The van der Waals surface area contributed by atoms with Crippen LogP contribution in [0, 0.1) is 0 Å². The summed E-state index contributed by atoms with van der Waals surface area (Å²) in [5.74, 6) is -0.0406. The van der Waals surface area contributed by atoms with Gasteiger partial charge in [0.25, 0.3) is 0 Å². The molecule has 0 saturated heterocycles. The average Bonchev–Trinajstić information content (AvgIpc) is 3.57. The minimum atomic E-state index is -0.844. The lowest BCUT2D eigenvalue weighted by Crippen LogP contribution is -2.45. The fraction of sp³-hybridized carbons (Fsp3) is 0.904. The van der Waals surface area contributed by atoms with Gasteiger partial charge >= 0.3 is 5.97 Å². The number of carbonyl (C=O) groups excluding carboxylic acids is 2. The van der Waals surface area contributed by atoms with Crippen LogP contribution in [-0.2, 0) is 14.3 Å². The van der Waals surface area contributed by atoms with Crippen LogP contribution < -0.4 is 5.32 Å². The zero-order valence-electron chi connectivity index (χ0n) is 60.4. The Bertz CT molecular complexity index is 1440. The van der Waals surface area contributed by atoms with E-state index in [1.54, 1.807) is 6.08 Å². The van der Waals surface area contributed by atoms with E-state index >= 15 is 0 Å². The summed E-state index contributed by atoms with van der Waals surface area (Å²) in [7, 11) is 0. The number of esters is 1. The van der Waals surface area contributed by atoms with Crippen LogP contribution in [0.2, 0.25) is 0 Å². The van der Waals surface area contributed by atoms with Crippen molar-refractivity contribution in [3.63, 3.8) is 0 Å². The molecule has 1 amide bonds. The van der Waals surface area contributed by atoms with E-state index in [1.165, 1.54) is 385 Å². The Morgan fingerprint density at radius 1 is 0.315 bits per heavy atom. The minimum absolute atomic E-state index is 0.0203. The van der Waals surface area contributed by atoms with Crippen molar-refractivity contribution in [3.05, 3.63) is 36.5 Å². The highest BCUT2D eigenvalue weighted by Gasteiger charge is 2.18. The van der Waals surface area contributed by atoms with Crippen LogP contribution in [-0.4, -0.2) is 47.4 Å². The van der Waals surface area contributed by atoms with Crippen LogP contribution in [0.15, 0.2) is 36.5 Å². The molecule has 6 heteroatoms. The lowest BCUT2D eigenvalue weighted by molar-refractivity contribution is -0.143. The number of rotatable bonds is 77. The van der Waals surface area contributed by atoms with Crippen molar-refractivity contribution in [2.75, 3.05) is 13.2 Å². The second-order valence-corrected chi connectivity index (χ2v) is 28.1. The second kappa shape index (κ2) is 78.5. The normalized spacial score (nSPS) is 12.6. The topological polar surface area (TPSA) is 95.9 Å². The van der Waals surface area contributed by atoms with E-state index in [9.17, 15) is 19.8 Å². The van der Waals surface area contributed by atoms with Crippen molar-refractivity contribution in [2.45, 2.75) is 469 Å². The largest absolute Gasteiger partial charge is 0.466 e. The first-order valence-corrected chi connectivity index (χ1v) is 40.8. The molecule has 0 bridgehead atoms. The van der Waals surface area contributed by atoms with Gasteiger partial charge in [0.05, 0.1) is 25.4 Å². The van der Waals surface area contributed by atoms with Gasteiger partial charge in [-0.2, -0.15) is 0 Å². The Balaban J connectivity index is 3.39. The number of aliphatic hydroxyl groups excluding tert-OH is 2. The quantitative estimate of drug-likeness (QED) is 0.0320. The van der Waals surface area contributed by atoms with Crippen LogP contribution >= 0.6 is 0 Å². The van der Waals surface area contributed by atoms with Gasteiger partial charge in [0.1, 0.15) is 0 Å². The molecule has 0 aromatic rings. The molecule has 89 heavy (non-hydrogen) atoms. The number of hydrogen-bond donors (Lipinski definition) is 3. The molecule has 0 fully saturated rings. The molecule has 0 saturated carbocycles. The molecule has 0 spiro atoms. The summed E-state index contributed by atoms with van der Waals surface area (Å²) in [6.07, 6.45) is 103. The summed E-state index contributed by atoms with van der Waals surface area (Å²) in [5.41, 5.74) is 0. The van der Waals surface area contributed by atoms with Gasteiger partial charge in [0.15, 0.2) is 0 Å². The third kappa shape index (κ3) is 75.0. The highest BCUT2D eigenvalue weighted by atomic mass is 16.5. The molecule has 0 heterocycles. The molecule has 6 nitrogen and oxygen atoms in total. The summed E-state index contributed by atoms with van der Waals surface area (Å²) in [6, 6.07) is -0.628. The van der Waals surface area contributed by atoms with Gasteiger partial charge in [-0.15, -0.1) is 0 Å². The number of aliphatic hydroxyl groups is 2. The Morgan fingerprint density at radius 3 is 0.854 bits per heavy atom. The number of unbranched alkanes of at least 4 members (excludes halogenated alkanes) is 62. The van der Waals surface area contributed by atoms with Crippen molar-refractivity contribution in [1.29, 1.82) is 0 Å². The molecule has 0 aliphatic heterocycles. The Kier molecular flexibility index (Phi) is 76.8. The number of carbonyl (C=O) groups is 2. The Morgan fingerprint density at radius 2 is 0.562 bits per heavy atom. The fourth-order valence-electron chi connectivity index (χ4n) is 13.0. The number of nitrogens with one attached hydrogen (secondary N) is 1. The maximum absolute atomic E-state index is 12.5. The lowest BCUT2D eigenvalue weighted by Gasteiger charge is -2.20. The maximum Gasteiger partial charge on any atom is 0.305 e. The molecule has 0 aromatic carbocycles. The van der Waals surface area contributed by atoms with Crippen LogP contribution in [0.25, 0.3) is 0 Å². The highest BCUT2D eigenvalue weighted by molar-refractivity contribution is 5.76.